The molecule has 0 N–H and O–H groups in total. The molecule has 0 aromatic rings. The van der Waals surface area contributed by atoms with Gasteiger partial charge in [0, 0.05) is 0 Å². The third-order valence-electron chi connectivity index (χ3n) is 3.70. The lowest BCUT2D eigenvalue weighted by Crippen LogP contribution is -2.19. The second kappa shape index (κ2) is 7.65. The van der Waals surface area contributed by atoms with Gasteiger partial charge >= 0.3 is 0 Å². The number of halogens is 1. The Kier molecular flexibility index (Phi) is 6.49. The highest BCUT2D eigenvalue weighted by Crippen LogP contribution is 2.25. The summed E-state index contributed by atoms with van der Waals surface area (Å²) in [7, 11) is 2.19. The summed E-state index contributed by atoms with van der Waals surface area (Å²) >= 11 is 0. The maximum absolute atomic E-state index is 13.2. The molecule has 0 bridgehead atoms. The van der Waals surface area contributed by atoms with Crippen molar-refractivity contribution in [2.45, 2.75) is 39.5 Å². The van der Waals surface area contributed by atoms with Crippen LogP contribution in [0.1, 0.15) is 39.5 Å². The lowest BCUT2D eigenvalue weighted by molar-refractivity contribution is 0.327. The maximum Gasteiger partial charge on any atom is 0.118 e. The molecule has 1 rings (SSSR count). The average molecular weight is 239 g/mol. The Labute approximate surface area is 105 Å². The molecule has 0 saturated carbocycles. The molecule has 0 spiro atoms. The molecule has 2 atom stereocenters. The predicted octanol–water partition coefficient (Wildman–Crippen LogP) is 4.17. The van der Waals surface area contributed by atoms with E-state index in [1.54, 1.807) is 12.2 Å². The van der Waals surface area contributed by atoms with E-state index in [1.807, 2.05) is 13.0 Å². The van der Waals surface area contributed by atoms with Gasteiger partial charge in [-0.05, 0) is 69.8 Å². The van der Waals surface area contributed by atoms with Crippen LogP contribution in [0.2, 0.25) is 0 Å². The monoisotopic (exact) mass is 239 g/mol. The van der Waals surface area contributed by atoms with E-state index >= 15 is 0 Å². The van der Waals surface area contributed by atoms with Crippen LogP contribution >= 0.6 is 0 Å². The van der Waals surface area contributed by atoms with Crippen LogP contribution in [0, 0.1) is 11.8 Å². The van der Waals surface area contributed by atoms with E-state index in [1.165, 1.54) is 32.4 Å². The van der Waals surface area contributed by atoms with Gasteiger partial charge in [-0.15, -0.1) is 0 Å². The highest BCUT2D eigenvalue weighted by molar-refractivity contribution is 5.11. The number of hydrogen-bond acceptors (Lipinski definition) is 1. The molecule has 1 heterocycles. The largest absolute Gasteiger partial charge is 0.306 e. The molecular formula is C15H26FN. The van der Waals surface area contributed by atoms with Crippen LogP contribution in [0.5, 0.6) is 0 Å². The molecule has 1 aliphatic heterocycles. The average Bonchev–Trinajstić information content (AvgIpc) is 2.51. The first-order chi connectivity index (χ1) is 8.13. The zero-order valence-corrected chi connectivity index (χ0v) is 11.5. The van der Waals surface area contributed by atoms with Gasteiger partial charge in [0.15, 0.2) is 0 Å². The van der Waals surface area contributed by atoms with E-state index in [2.05, 4.69) is 18.9 Å². The third kappa shape index (κ3) is 5.49. The summed E-state index contributed by atoms with van der Waals surface area (Å²) in [6.45, 7) is 6.55. The van der Waals surface area contributed by atoms with Crippen molar-refractivity contribution >= 4 is 0 Å². The molecule has 98 valence electrons. The van der Waals surface area contributed by atoms with Crippen LogP contribution in [0.4, 0.5) is 4.39 Å². The van der Waals surface area contributed by atoms with E-state index in [4.69, 9.17) is 0 Å². The Hall–Kier alpha value is -0.630. The molecule has 1 nitrogen and oxygen atoms in total. The van der Waals surface area contributed by atoms with Gasteiger partial charge in [-0.2, -0.15) is 0 Å². The number of hydrogen-bond donors (Lipinski definition) is 0. The van der Waals surface area contributed by atoms with Crippen LogP contribution in [0.15, 0.2) is 24.1 Å². The predicted molar refractivity (Wildman–Crippen MR) is 72.6 cm³/mol. The highest BCUT2D eigenvalue weighted by Gasteiger charge is 2.18. The zero-order valence-electron chi connectivity index (χ0n) is 11.5. The van der Waals surface area contributed by atoms with Gasteiger partial charge in [0.2, 0.25) is 0 Å². The molecule has 0 aliphatic carbocycles. The number of rotatable bonds is 4. The standard InChI is InChI=1S/C15H26FN/c1-4-6-15(16)9-8-13(2)14-7-5-11-17(3)12-10-14/h6,8-9,13-14H,4-5,7,10-12H2,1-3H3/b9-8-,15-6+. The van der Waals surface area contributed by atoms with Crippen LogP contribution in [-0.2, 0) is 0 Å². The molecule has 0 radical (unpaired) electrons. The molecule has 1 fully saturated rings. The summed E-state index contributed by atoms with van der Waals surface area (Å²) in [4.78, 5) is 2.40. The number of nitrogens with zero attached hydrogens (tertiary/aromatic N) is 1. The topological polar surface area (TPSA) is 3.24 Å². The SMILES string of the molecule is CC/C=C(F)\C=C/C(C)C1CCCN(C)CC1. The molecule has 0 aromatic heterocycles. The molecule has 1 aliphatic rings. The number of likely N-dealkylation sites (tertiary alicyclic amines) is 1. The Morgan fingerprint density at radius 1 is 1.41 bits per heavy atom. The Morgan fingerprint density at radius 2 is 2.18 bits per heavy atom. The second-order valence-corrected chi connectivity index (χ2v) is 5.21. The zero-order chi connectivity index (χ0) is 12.7. The van der Waals surface area contributed by atoms with Gasteiger partial charge < -0.3 is 4.90 Å². The lowest BCUT2D eigenvalue weighted by atomic mass is 9.87. The minimum atomic E-state index is -0.0925. The number of allylic oxidation sites excluding steroid dienone is 4. The van der Waals surface area contributed by atoms with Crippen molar-refractivity contribution in [2.24, 2.45) is 11.8 Å². The van der Waals surface area contributed by atoms with Gasteiger partial charge in [0.25, 0.3) is 0 Å². The van der Waals surface area contributed by atoms with Gasteiger partial charge in [0.05, 0.1) is 0 Å². The van der Waals surface area contributed by atoms with Gasteiger partial charge in [-0.25, -0.2) is 4.39 Å². The normalized spacial score (nSPS) is 26.1. The van der Waals surface area contributed by atoms with E-state index in [9.17, 15) is 4.39 Å². The van der Waals surface area contributed by atoms with Crippen molar-refractivity contribution in [3.05, 3.63) is 24.1 Å². The minimum absolute atomic E-state index is 0.0925. The summed E-state index contributed by atoms with van der Waals surface area (Å²) < 4.78 is 13.2. The molecule has 2 unspecified atom stereocenters. The minimum Gasteiger partial charge on any atom is -0.306 e. The Morgan fingerprint density at radius 3 is 2.88 bits per heavy atom. The van der Waals surface area contributed by atoms with Crippen LogP contribution in [0.3, 0.4) is 0 Å². The Balaban J connectivity index is 2.46. The molecule has 0 aromatic carbocycles. The van der Waals surface area contributed by atoms with E-state index < -0.39 is 0 Å². The molecule has 0 amide bonds. The summed E-state index contributed by atoms with van der Waals surface area (Å²) in [6.07, 6.45) is 9.85. The fourth-order valence-electron chi connectivity index (χ4n) is 2.46. The molecule has 17 heavy (non-hydrogen) atoms. The smallest absolute Gasteiger partial charge is 0.118 e. The highest BCUT2D eigenvalue weighted by atomic mass is 19.1. The van der Waals surface area contributed by atoms with Gasteiger partial charge in [-0.3, -0.25) is 0 Å². The second-order valence-electron chi connectivity index (χ2n) is 5.21. The molecule has 2 heteroatoms. The van der Waals surface area contributed by atoms with Crippen molar-refractivity contribution in [2.75, 3.05) is 20.1 Å². The lowest BCUT2D eigenvalue weighted by Gasteiger charge is -2.19. The van der Waals surface area contributed by atoms with Gasteiger partial charge in [-0.1, -0.05) is 19.9 Å². The van der Waals surface area contributed by atoms with Crippen molar-refractivity contribution in [1.82, 2.24) is 4.90 Å². The summed E-state index contributed by atoms with van der Waals surface area (Å²) in [5.41, 5.74) is 0. The summed E-state index contributed by atoms with van der Waals surface area (Å²) in [5.74, 6) is 1.10. The first kappa shape index (κ1) is 14.4. The van der Waals surface area contributed by atoms with Crippen molar-refractivity contribution in [3.8, 4) is 0 Å². The molecule has 1 saturated heterocycles. The fraction of sp³-hybridized carbons (Fsp3) is 0.733. The molecular weight excluding hydrogens is 213 g/mol. The van der Waals surface area contributed by atoms with E-state index in [0.29, 0.717) is 11.8 Å². The first-order valence-corrected chi connectivity index (χ1v) is 6.86. The quantitative estimate of drug-likeness (QED) is 0.665. The Bertz CT molecular complexity index is 270. The third-order valence-corrected chi connectivity index (χ3v) is 3.70. The fourth-order valence-corrected chi connectivity index (χ4v) is 2.46. The van der Waals surface area contributed by atoms with Crippen molar-refractivity contribution in [3.63, 3.8) is 0 Å². The van der Waals surface area contributed by atoms with Crippen LogP contribution < -0.4 is 0 Å². The van der Waals surface area contributed by atoms with E-state index in [-0.39, 0.29) is 5.83 Å². The van der Waals surface area contributed by atoms with Gasteiger partial charge in [0.1, 0.15) is 5.83 Å². The van der Waals surface area contributed by atoms with E-state index in [0.717, 1.165) is 6.42 Å². The van der Waals surface area contributed by atoms with Crippen molar-refractivity contribution < 1.29 is 4.39 Å². The summed E-state index contributed by atoms with van der Waals surface area (Å²) in [6, 6.07) is 0. The maximum atomic E-state index is 13.2. The first-order valence-electron chi connectivity index (χ1n) is 6.86. The van der Waals surface area contributed by atoms with Crippen LogP contribution in [0.25, 0.3) is 0 Å². The van der Waals surface area contributed by atoms with Crippen molar-refractivity contribution in [1.29, 1.82) is 0 Å². The summed E-state index contributed by atoms with van der Waals surface area (Å²) in [5, 5.41) is 0. The van der Waals surface area contributed by atoms with Crippen LogP contribution in [-0.4, -0.2) is 25.0 Å².